The fourth-order valence-electron chi connectivity index (χ4n) is 2.39. The average Bonchev–Trinajstić information content (AvgIpc) is 2.97. The van der Waals surface area contributed by atoms with Crippen molar-refractivity contribution in [2.24, 2.45) is 0 Å². The van der Waals surface area contributed by atoms with E-state index in [0.717, 1.165) is 37.0 Å². The standard InChI is InChI=1S/C14H19N5S/c1-10-9-19(8-7-15-10)14-16-13(17-18-14)11-3-5-12(20-2)6-4-11/h3-6,10,15H,7-9H2,1-2H3,(H,16,17,18). The van der Waals surface area contributed by atoms with Gasteiger partial charge in [-0.15, -0.1) is 16.9 Å². The molecule has 0 bridgehead atoms. The van der Waals surface area contributed by atoms with Gasteiger partial charge in [-0.1, -0.05) is 12.1 Å². The molecule has 5 nitrogen and oxygen atoms in total. The molecule has 0 amide bonds. The van der Waals surface area contributed by atoms with Crippen molar-refractivity contribution in [1.82, 2.24) is 20.5 Å². The second kappa shape index (κ2) is 5.85. The summed E-state index contributed by atoms with van der Waals surface area (Å²) in [5, 5.41) is 10.8. The summed E-state index contributed by atoms with van der Waals surface area (Å²) in [6.45, 7) is 5.06. The number of thioether (sulfide) groups is 1. The van der Waals surface area contributed by atoms with E-state index in [1.807, 2.05) is 0 Å². The topological polar surface area (TPSA) is 56.8 Å². The number of nitrogens with zero attached hydrogens (tertiary/aromatic N) is 3. The lowest BCUT2D eigenvalue weighted by atomic mass is 10.2. The van der Waals surface area contributed by atoms with E-state index in [9.17, 15) is 0 Å². The van der Waals surface area contributed by atoms with Gasteiger partial charge in [0.25, 0.3) is 0 Å². The van der Waals surface area contributed by atoms with Crippen LogP contribution in [0.1, 0.15) is 6.92 Å². The summed E-state index contributed by atoms with van der Waals surface area (Å²) in [5.74, 6) is 1.63. The van der Waals surface area contributed by atoms with Crippen molar-refractivity contribution in [2.75, 3.05) is 30.8 Å². The molecule has 2 aromatic rings. The van der Waals surface area contributed by atoms with Gasteiger partial charge < -0.3 is 10.2 Å². The maximum absolute atomic E-state index is 4.62. The highest BCUT2D eigenvalue weighted by Crippen LogP contribution is 2.22. The van der Waals surface area contributed by atoms with Crippen molar-refractivity contribution >= 4 is 17.7 Å². The molecule has 1 saturated heterocycles. The Bertz CT molecular complexity index is 565. The number of anilines is 1. The summed E-state index contributed by atoms with van der Waals surface area (Å²) in [7, 11) is 0. The predicted molar refractivity (Wildman–Crippen MR) is 83.3 cm³/mol. The normalized spacial score (nSPS) is 19.3. The summed E-state index contributed by atoms with van der Waals surface area (Å²) in [6.07, 6.45) is 2.08. The van der Waals surface area contributed by atoms with Gasteiger partial charge >= 0.3 is 0 Å². The minimum atomic E-state index is 0.478. The molecule has 1 aromatic heterocycles. The molecule has 1 unspecified atom stereocenters. The molecule has 1 fully saturated rings. The van der Waals surface area contributed by atoms with Gasteiger partial charge in [0.1, 0.15) is 0 Å². The monoisotopic (exact) mass is 289 g/mol. The van der Waals surface area contributed by atoms with Crippen LogP contribution in [0.15, 0.2) is 29.2 Å². The Morgan fingerprint density at radius 1 is 1.30 bits per heavy atom. The first-order valence-electron chi connectivity index (χ1n) is 6.81. The Morgan fingerprint density at radius 3 is 2.80 bits per heavy atom. The zero-order valence-corrected chi connectivity index (χ0v) is 12.6. The van der Waals surface area contributed by atoms with Crippen LogP contribution in [0.25, 0.3) is 11.4 Å². The van der Waals surface area contributed by atoms with E-state index < -0.39 is 0 Å². The van der Waals surface area contributed by atoms with Crippen molar-refractivity contribution in [3.8, 4) is 11.4 Å². The average molecular weight is 289 g/mol. The van der Waals surface area contributed by atoms with Crippen LogP contribution >= 0.6 is 11.8 Å². The second-order valence-corrected chi connectivity index (χ2v) is 5.89. The lowest BCUT2D eigenvalue weighted by Crippen LogP contribution is -2.49. The fraction of sp³-hybridized carbons (Fsp3) is 0.429. The van der Waals surface area contributed by atoms with E-state index in [1.54, 1.807) is 11.8 Å². The number of piperazine rings is 1. The third kappa shape index (κ3) is 2.81. The largest absolute Gasteiger partial charge is 0.337 e. The number of H-pyrrole nitrogens is 1. The van der Waals surface area contributed by atoms with Crippen LogP contribution in [0, 0.1) is 0 Å². The Morgan fingerprint density at radius 2 is 2.10 bits per heavy atom. The van der Waals surface area contributed by atoms with Crippen LogP contribution in [0.5, 0.6) is 0 Å². The molecule has 0 saturated carbocycles. The lowest BCUT2D eigenvalue weighted by molar-refractivity contribution is 0.480. The Balaban J connectivity index is 1.78. The van der Waals surface area contributed by atoms with E-state index in [-0.39, 0.29) is 0 Å². The first-order chi connectivity index (χ1) is 9.76. The molecule has 3 rings (SSSR count). The molecule has 1 aliphatic rings. The van der Waals surface area contributed by atoms with Gasteiger partial charge in [-0.05, 0) is 25.3 Å². The number of aromatic amines is 1. The zero-order chi connectivity index (χ0) is 13.9. The summed E-state index contributed by atoms with van der Waals surface area (Å²) < 4.78 is 0. The number of rotatable bonds is 3. The molecule has 0 radical (unpaired) electrons. The highest BCUT2D eigenvalue weighted by Gasteiger charge is 2.19. The molecular weight excluding hydrogens is 270 g/mol. The van der Waals surface area contributed by atoms with E-state index in [4.69, 9.17) is 0 Å². The van der Waals surface area contributed by atoms with E-state index >= 15 is 0 Å². The molecule has 0 aliphatic carbocycles. The van der Waals surface area contributed by atoms with Gasteiger partial charge in [-0.3, -0.25) is 5.10 Å². The third-order valence-corrected chi connectivity index (χ3v) is 4.23. The quantitative estimate of drug-likeness (QED) is 0.846. The number of nitrogens with one attached hydrogen (secondary N) is 2. The number of aromatic nitrogens is 3. The predicted octanol–water partition coefficient (Wildman–Crippen LogP) is 1.99. The van der Waals surface area contributed by atoms with Crippen LogP contribution in [-0.2, 0) is 0 Å². The highest BCUT2D eigenvalue weighted by molar-refractivity contribution is 7.98. The van der Waals surface area contributed by atoms with Crippen molar-refractivity contribution in [3.63, 3.8) is 0 Å². The molecule has 2 heterocycles. The number of benzene rings is 1. The number of hydrogen-bond donors (Lipinski definition) is 2. The van der Waals surface area contributed by atoms with Crippen LogP contribution in [0.4, 0.5) is 5.95 Å². The third-order valence-electron chi connectivity index (χ3n) is 3.49. The lowest BCUT2D eigenvalue weighted by Gasteiger charge is -2.30. The van der Waals surface area contributed by atoms with Crippen LogP contribution < -0.4 is 10.2 Å². The van der Waals surface area contributed by atoms with Crippen molar-refractivity contribution in [1.29, 1.82) is 0 Å². The molecule has 1 atom stereocenters. The smallest absolute Gasteiger partial charge is 0.245 e. The van der Waals surface area contributed by atoms with Gasteiger partial charge in [-0.25, -0.2) is 0 Å². The molecule has 1 aliphatic heterocycles. The summed E-state index contributed by atoms with van der Waals surface area (Å²) in [6, 6.07) is 8.85. The minimum Gasteiger partial charge on any atom is -0.337 e. The molecule has 1 aromatic carbocycles. The SMILES string of the molecule is CSc1ccc(-c2nc(N3CCNC(C)C3)n[nH]2)cc1. The van der Waals surface area contributed by atoms with Gasteiger partial charge in [0, 0.05) is 36.1 Å². The van der Waals surface area contributed by atoms with Crippen molar-refractivity contribution in [3.05, 3.63) is 24.3 Å². The first-order valence-corrected chi connectivity index (χ1v) is 8.04. The Hall–Kier alpha value is -1.53. The summed E-state index contributed by atoms with van der Waals surface area (Å²) in [5.41, 5.74) is 1.07. The molecule has 0 spiro atoms. The summed E-state index contributed by atoms with van der Waals surface area (Å²) in [4.78, 5) is 8.09. The number of hydrogen-bond acceptors (Lipinski definition) is 5. The highest BCUT2D eigenvalue weighted by atomic mass is 32.2. The Kier molecular flexibility index (Phi) is 3.93. The van der Waals surface area contributed by atoms with E-state index in [0.29, 0.717) is 6.04 Å². The van der Waals surface area contributed by atoms with Crippen LogP contribution in [-0.4, -0.2) is 47.1 Å². The van der Waals surface area contributed by atoms with Crippen LogP contribution in [0.3, 0.4) is 0 Å². The molecule has 106 valence electrons. The maximum atomic E-state index is 4.62. The first kappa shape index (κ1) is 13.5. The molecule has 6 heteroatoms. The van der Waals surface area contributed by atoms with Gasteiger partial charge in [0.15, 0.2) is 5.82 Å². The van der Waals surface area contributed by atoms with Crippen molar-refractivity contribution < 1.29 is 0 Å². The second-order valence-electron chi connectivity index (χ2n) is 5.01. The van der Waals surface area contributed by atoms with E-state index in [2.05, 4.69) is 62.8 Å². The van der Waals surface area contributed by atoms with Gasteiger partial charge in [0.05, 0.1) is 0 Å². The maximum Gasteiger partial charge on any atom is 0.245 e. The van der Waals surface area contributed by atoms with Crippen molar-refractivity contribution in [2.45, 2.75) is 17.9 Å². The fourth-order valence-corrected chi connectivity index (χ4v) is 2.79. The molecule has 20 heavy (non-hydrogen) atoms. The minimum absolute atomic E-state index is 0.478. The molecular formula is C14H19N5S. The van der Waals surface area contributed by atoms with Gasteiger partial charge in [0.2, 0.25) is 5.95 Å². The Labute approximate surface area is 123 Å². The van der Waals surface area contributed by atoms with Gasteiger partial charge in [-0.2, -0.15) is 4.98 Å². The zero-order valence-electron chi connectivity index (χ0n) is 11.8. The van der Waals surface area contributed by atoms with E-state index in [1.165, 1.54) is 4.90 Å². The van der Waals surface area contributed by atoms with Crippen LogP contribution in [0.2, 0.25) is 0 Å². The summed E-state index contributed by atoms with van der Waals surface area (Å²) >= 11 is 1.74. The molecule has 2 N–H and O–H groups in total.